The van der Waals surface area contributed by atoms with E-state index in [1.165, 1.54) is 276 Å². The number of benzene rings is 20. The Kier molecular flexibility index (Phi) is 31.6. The van der Waals surface area contributed by atoms with Crippen LogP contribution in [0.2, 0.25) is 0 Å². The van der Waals surface area contributed by atoms with Crippen molar-refractivity contribution in [2.45, 2.75) is 136 Å². The largest absolute Gasteiger partial charge is 0.236 e. The molecule has 20 aromatic carbocycles. The average Bonchev–Trinajstić information content (AvgIpc) is 0.789. The highest BCUT2D eigenvalue weighted by molar-refractivity contribution is 5.90. The SMILES string of the molecule is CCCCCCc1cnc(-c2cc(-c3cccc(-c4ccccc4C)c3)cc(-c3cccc(-c4ccccc4C)c3)c2)nc1.Cc1cc(C)cc(-c2cccc(-c3ccc(-c4cccc(-c5cc(C)cc(C)c5)c4)cc3)c2)c1.Cc1cc(C)cc(-c2cccc(-c3cccc(-c4cccc(-c5cc(C)cc(C)c5)c4)c3)c2)c1.Cc1cc(C)cc(-c2cccc(-c3ccccc3-c3cccc(-c4cc(C)cc(C)c4)c3)c2)c1. The predicted octanol–water partition coefficient (Wildman–Crippen LogP) is 40.3. The maximum Gasteiger partial charge on any atom is 0.159 e. The number of aryl methyl sites for hydroxylation is 15. The van der Waals surface area contributed by atoms with Crippen LogP contribution in [0.15, 0.2) is 455 Å². The topological polar surface area (TPSA) is 25.8 Å². The molecule has 716 valence electrons. The summed E-state index contributed by atoms with van der Waals surface area (Å²) < 4.78 is 0. The second-order valence-electron chi connectivity index (χ2n) is 40.3. The second-order valence-corrected chi connectivity index (χ2v) is 40.3. The number of unbranched alkanes of at least 4 members (excludes halogenated alkanes) is 3. The van der Waals surface area contributed by atoms with Gasteiger partial charge < -0.3 is 0 Å². The Morgan fingerprint density at radius 3 is 0.568 bits per heavy atom. The van der Waals surface area contributed by atoms with E-state index in [0.717, 1.165) is 28.9 Å². The Balaban J connectivity index is 0.000000129. The molecule has 0 radical (unpaired) electrons. The number of hydrogen-bond acceptors (Lipinski definition) is 2. The fourth-order valence-electron chi connectivity index (χ4n) is 20.8. The first-order valence-electron chi connectivity index (χ1n) is 51.7. The molecule has 0 aliphatic rings. The van der Waals surface area contributed by atoms with E-state index in [9.17, 15) is 0 Å². The fourth-order valence-corrected chi connectivity index (χ4v) is 20.8. The van der Waals surface area contributed by atoms with Gasteiger partial charge in [-0.3, -0.25) is 0 Å². The van der Waals surface area contributed by atoms with Gasteiger partial charge in [0.2, 0.25) is 0 Å². The summed E-state index contributed by atoms with van der Waals surface area (Å²) in [6.07, 6.45) is 10.0. The normalized spacial score (nSPS) is 11.0. The van der Waals surface area contributed by atoms with Gasteiger partial charge in [-0.05, 0) is 377 Å². The van der Waals surface area contributed by atoms with Gasteiger partial charge in [-0.1, -0.05) is 463 Å². The molecule has 0 N–H and O–H groups in total. The van der Waals surface area contributed by atoms with Gasteiger partial charge in [-0.25, -0.2) is 9.97 Å². The van der Waals surface area contributed by atoms with Gasteiger partial charge in [-0.2, -0.15) is 0 Å². The van der Waals surface area contributed by atoms with Crippen molar-refractivity contribution in [3.05, 3.63) is 539 Å². The van der Waals surface area contributed by atoms with Crippen molar-refractivity contribution in [1.82, 2.24) is 9.97 Å². The maximum atomic E-state index is 4.86. The zero-order chi connectivity index (χ0) is 101. The molecule has 0 saturated carbocycles. The predicted molar refractivity (Wildman–Crippen MR) is 628 cm³/mol. The quantitative estimate of drug-likeness (QED) is 0.0632. The lowest BCUT2D eigenvalue weighted by molar-refractivity contribution is 0.665. The first kappa shape index (κ1) is 99.6. The van der Waals surface area contributed by atoms with Crippen LogP contribution >= 0.6 is 0 Å². The van der Waals surface area contributed by atoms with Crippen LogP contribution in [-0.4, -0.2) is 9.97 Å². The Morgan fingerprint density at radius 2 is 0.329 bits per heavy atom. The van der Waals surface area contributed by atoms with Crippen molar-refractivity contribution in [3.63, 3.8) is 0 Å². The van der Waals surface area contributed by atoms with Crippen LogP contribution in [0.25, 0.3) is 189 Å². The Labute approximate surface area is 867 Å². The van der Waals surface area contributed by atoms with Gasteiger partial charge >= 0.3 is 0 Å². The van der Waals surface area contributed by atoms with Crippen LogP contribution in [0, 0.1) is 96.9 Å². The van der Waals surface area contributed by atoms with Gasteiger partial charge in [0, 0.05) is 18.0 Å². The van der Waals surface area contributed by atoms with Gasteiger partial charge in [0.1, 0.15) is 0 Å². The van der Waals surface area contributed by atoms with Crippen LogP contribution in [0.4, 0.5) is 0 Å². The Bertz CT molecular complexity index is 7670. The summed E-state index contributed by atoms with van der Waals surface area (Å²) in [5.74, 6) is 0.760. The zero-order valence-electron chi connectivity index (χ0n) is 87.2. The highest BCUT2D eigenvalue weighted by Crippen LogP contribution is 2.43. The minimum atomic E-state index is 0.760. The molecule has 0 spiro atoms. The van der Waals surface area contributed by atoms with Crippen LogP contribution in [0.5, 0.6) is 0 Å². The number of nitrogens with zero attached hydrogens (tertiary/aromatic N) is 2. The summed E-state index contributed by atoms with van der Waals surface area (Å²) in [5, 5.41) is 0. The van der Waals surface area contributed by atoms with Crippen molar-refractivity contribution >= 4 is 0 Å². The van der Waals surface area contributed by atoms with Crippen LogP contribution in [0.3, 0.4) is 0 Å². The molecule has 146 heavy (non-hydrogen) atoms. The first-order valence-corrected chi connectivity index (χ1v) is 51.7. The summed E-state index contributed by atoms with van der Waals surface area (Å²) >= 11 is 0. The minimum Gasteiger partial charge on any atom is -0.236 e. The minimum absolute atomic E-state index is 0.760. The molecule has 1 heterocycles. The van der Waals surface area contributed by atoms with Gasteiger partial charge in [0.25, 0.3) is 0 Å². The summed E-state index contributed by atoms with van der Waals surface area (Å²) in [6.45, 7) is 32.6. The Hall–Kier alpha value is -16.5. The Morgan fingerprint density at radius 1 is 0.144 bits per heavy atom. The van der Waals surface area contributed by atoms with Crippen LogP contribution < -0.4 is 0 Å². The van der Waals surface area contributed by atoms with E-state index in [1.54, 1.807) is 0 Å². The van der Waals surface area contributed by atoms with Crippen molar-refractivity contribution in [3.8, 4) is 189 Å². The average molecular weight is 1890 g/mol. The van der Waals surface area contributed by atoms with Gasteiger partial charge in [-0.15, -0.1) is 0 Å². The van der Waals surface area contributed by atoms with Gasteiger partial charge in [0.15, 0.2) is 5.82 Å². The molecule has 0 amide bonds. The summed E-state index contributed by atoms with van der Waals surface area (Å²) in [7, 11) is 0. The lowest BCUT2D eigenvalue weighted by Gasteiger charge is -2.14. The monoisotopic (exact) mass is 1890 g/mol. The third-order valence-electron chi connectivity index (χ3n) is 27.7. The third kappa shape index (κ3) is 25.2. The molecule has 0 bridgehead atoms. The molecule has 2 heteroatoms. The molecular weight excluding hydrogens is 1760 g/mol. The molecule has 0 aliphatic carbocycles. The highest BCUT2D eigenvalue weighted by Gasteiger charge is 2.18. The number of hydrogen-bond donors (Lipinski definition) is 0. The van der Waals surface area contributed by atoms with E-state index in [4.69, 9.17) is 9.97 Å². The summed E-state index contributed by atoms with van der Waals surface area (Å²) in [5.41, 5.74) is 60.1. The molecule has 0 aliphatic heterocycles. The second kappa shape index (κ2) is 46.2. The number of aromatic nitrogens is 2. The lowest BCUT2D eigenvalue weighted by Crippen LogP contribution is -1.95. The third-order valence-corrected chi connectivity index (χ3v) is 27.7. The molecule has 0 fully saturated rings. The summed E-state index contributed by atoms with van der Waals surface area (Å²) in [6, 6.07) is 162. The smallest absolute Gasteiger partial charge is 0.159 e. The standard InChI is InChI=1S/C42H40N2.3C34H30/c1-4-5-6-7-16-32-28-43-42(44-29-32)39-26-37(33-17-12-19-35(23-33)40-21-10-8-14-30(40)2)25-38(27-39)34-18-13-20-36(24-34)41-22-11-9-15-31(41)3;1-23-14-24(2)17-33(16-23)31-12-6-10-29(21-31)27-8-5-9-28(20-27)30-11-7-13-32(22-30)34-18-25(3)15-26(4)19-34;1-23-15-24(2)18-33(17-23)31-9-5-7-29(21-31)27-11-13-28(14-12-27)30-8-6-10-32(22-30)34-19-25(3)16-26(4)20-34;1-23-15-24(2)18-31(17-23)27-9-7-11-29(21-27)33-13-5-6-14-34(33)30-12-8-10-28(22-30)32-19-25(3)16-26(4)20-32/h8-15,17-29H,4-7,16H2,1-3H3;3*5-22H,1-4H3. The molecule has 0 atom stereocenters. The van der Waals surface area contributed by atoms with E-state index >= 15 is 0 Å². The molecule has 21 aromatic rings. The van der Waals surface area contributed by atoms with E-state index in [1.807, 2.05) is 12.4 Å². The maximum absolute atomic E-state index is 4.86. The van der Waals surface area contributed by atoms with E-state index < -0.39 is 0 Å². The molecule has 0 saturated heterocycles. The van der Waals surface area contributed by atoms with Gasteiger partial charge in [0.05, 0.1) is 0 Å². The number of rotatable bonds is 22. The molecule has 21 rings (SSSR count). The zero-order valence-corrected chi connectivity index (χ0v) is 87.2. The highest BCUT2D eigenvalue weighted by atomic mass is 14.9. The first-order chi connectivity index (χ1) is 70.9. The molecule has 1 aromatic heterocycles. The van der Waals surface area contributed by atoms with Crippen molar-refractivity contribution in [2.75, 3.05) is 0 Å². The molecule has 0 unspecified atom stereocenters. The lowest BCUT2D eigenvalue weighted by atomic mass is 9.90. The van der Waals surface area contributed by atoms with Crippen LogP contribution in [0.1, 0.15) is 116 Å². The summed E-state index contributed by atoms with van der Waals surface area (Å²) in [4.78, 5) is 9.72. The van der Waals surface area contributed by atoms with Crippen molar-refractivity contribution in [2.24, 2.45) is 0 Å². The molecule has 2 nitrogen and oxygen atoms in total. The molecular formula is C144H130N2. The fraction of sp³-hybridized carbons (Fsp3) is 0.139. The van der Waals surface area contributed by atoms with E-state index in [2.05, 4.69) is 547 Å². The van der Waals surface area contributed by atoms with Crippen molar-refractivity contribution in [1.29, 1.82) is 0 Å². The van der Waals surface area contributed by atoms with E-state index in [-0.39, 0.29) is 0 Å². The van der Waals surface area contributed by atoms with Crippen LogP contribution in [-0.2, 0) is 6.42 Å². The van der Waals surface area contributed by atoms with Crippen molar-refractivity contribution < 1.29 is 0 Å². The van der Waals surface area contributed by atoms with E-state index in [0.29, 0.717) is 0 Å².